The Bertz CT molecular complexity index is 2170. The second kappa shape index (κ2) is 27.0. The summed E-state index contributed by atoms with van der Waals surface area (Å²) in [6, 6.07) is 1.42. The number of carbonyl (C=O) groups excluding carboxylic acids is 1. The first kappa shape index (κ1) is 55.1. The third-order valence-electron chi connectivity index (χ3n) is 12.6. The Kier molecular flexibility index (Phi) is 21.9. The molecular formula is C46H78N9O12P. The maximum Gasteiger partial charge on any atom is 0.472 e. The van der Waals surface area contributed by atoms with Gasteiger partial charge in [-0.25, -0.2) is 14.3 Å². The van der Waals surface area contributed by atoms with Crippen molar-refractivity contribution in [1.82, 2.24) is 34.0 Å². The monoisotopic (exact) mass is 980 g/mol. The van der Waals surface area contributed by atoms with Crippen molar-refractivity contribution < 1.29 is 47.0 Å². The predicted octanol–water partition coefficient (Wildman–Crippen LogP) is 6.41. The summed E-state index contributed by atoms with van der Waals surface area (Å²) in [5.41, 5.74) is 10.7. The fourth-order valence-corrected chi connectivity index (χ4v) is 10.3. The van der Waals surface area contributed by atoms with Crippen LogP contribution >= 0.6 is 7.82 Å². The molecule has 9 atom stereocenters. The summed E-state index contributed by atoms with van der Waals surface area (Å²) < 4.78 is 58.4. The molecule has 0 spiro atoms. The average Bonchev–Trinajstić information content (AvgIpc) is 3.95. The van der Waals surface area contributed by atoms with E-state index in [0.717, 1.165) is 25.7 Å². The van der Waals surface area contributed by atoms with E-state index in [-0.39, 0.29) is 54.5 Å². The summed E-state index contributed by atoms with van der Waals surface area (Å²) in [4.78, 5) is 68.4. The van der Waals surface area contributed by atoms with Gasteiger partial charge in [-0.1, -0.05) is 96.8 Å². The van der Waals surface area contributed by atoms with Gasteiger partial charge in [-0.15, -0.1) is 0 Å². The van der Waals surface area contributed by atoms with Gasteiger partial charge >= 0.3 is 13.5 Å². The van der Waals surface area contributed by atoms with Gasteiger partial charge in [-0.3, -0.25) is 32.8 Å². The topological polar surface area (TPSA) is 273 Å². The SMILES string of the molecule is CCCCCCCCCCCCCCCCCN(C[C@H]1O[C@@H](n2ccc(N)nc2=O)[C@H](OC)[C@@H]1OP(=O)(O)OC(C)C)C(=O)C[C@H]1[C@@H](OC)[C@H](n2cnc3c(=O)[nH]c(N)nc32)O[C@@H]1COC(C)C. The van der Waals surface area contributed by atoms with Crippen LogP contribution in [0.2, 0.25) is 0 Å². The lowest BCUT2D eigenvalue weighted by atomic mass is 9.93. The molecule has 3 aromatic heterocycles. The number of fused-ring (bicyclic) bond motifs is 1. The van der Waals surface area contributed by atoms with E-state index in [1.165, 1.54) is 102 Å². The lowest BCUT2D eigenvalue weighted by Crippen LogP contribution is -2.46. The minimum absolute atomic E-state index is 0.00658. The number of H-pyrrole nitrogens is 1. The number of nitrogens with one attached hydrogen (secondary N) is 1. The zero-order valence-corrected chi connectivity index (χ0v) is 42.1. The van der Waals surface area contributed by atoms with E-state index >= 15 is 0 Å². The van der Waals surface area contributed by atoms with Gasteiger partial charge in [-0.05, 0) is 40.2 Å². The number of anilines is 2. The summed E-state index contributed by atoms with van der Waals surface area (Å²) in [5.74, 6) is -0.971. The Hall–Kier alpha value is -3.79. The van der Waals surface area contributed by atoms with E-state index in [9.17, 15) is 23.8 Å². The number of aromatic nitrogens is 6. The molecular weight excluding hydrogens is 902 g/mol. The zero-order valence-electron chi connectivity index (χ0n) is 41.2. The highest BCUT2D eigenvalue weighted by atomic mass is 31.2. The lowest BCUT2D eigenvalue weighted by molar-refractivity contribution is -0.137. The molecule has 68 heavy (non-hydrogen) atoms. The molecule has 2 aliphatic heterocycles. The molecule has 1 unspecified atom stereocenters. The first-order valence-electron chi connectivity index (χ1n) is 24.6. The standard InChI is InChI=1S/C46H78N9O12P/c1-8-9-10-11-12-13-14-15-16-17-18-19-20-21-22-24-53(27-33-39(67-68(59,60)66-31(4)5)40(62-7)44(64-33)54-25-23-35(47)50-46(54)58)36(56)26-32-34(28-63-30(2)3)65-43(38(32)61-6)55-29-49-37-41(55)51-45(48)52-42(37)57/h23,25,29-34,38-40,43-44H,8-22,24,26-28H2,1-7H3,(H,59,60)(H2,47,50,58)(H3,48,51,52,57)/t32-,33-,34-,38-,39-,40-,43-,44-/m1/s1. The summed E-state index contributed by atoms with van der Waals surface area (Å²) in [6.07, 6.45) is 12.6. The molecule has 22 heteroatoms. The molecule has 2 fully saturated rings. The second-order valence-corrected chi connectivity index (χ2v) is 19.9. The van der Waals surface area contributed by atoms with Crippen molar-refractivity contribution in [3.05, 3.63) is 39.4 Å². The van der Waals surface area contributed by atoms with Crippen molar-refractivity contribution in [3.8, 4) is 0 Å². The van der Waals surface area contributed by atoms with E-state index < -0.39 is 74.1 Å². The molecule has 21 nitrogen and oxygen atoms in total. The maximum atomic E-state index is 15.0. The number of phosphoric acid groups is 1. The molecule has 2 aliphatic rings. The Morgan fingerprint density at radius 1 is 0.838 bits per heavy atom. The molecule has 3 aromatic rings. The third kappa shape index (κ3) is 15.6. The predicted molar refractivity (Wildman–Crippen MR) is 257 cm³/mol. The van der Waals surface area contributed by atoms with Crippen LogP contribution in [-0.2, 0) is 42.1 Å². The zero-order chi connectivity index (χ0) is 49.4. The van der Waals surface area contributed by atoms with Gasteiger partial charge < -0.3 is 44.9 Å². The van der Waals surface area contributed by atoms with Crippen molar-refractivity contribution in [2.45, 2.75) is 193 Å². The van der Waals surface area contributed by atoms with E-state index in [1.807, 2.05) is 13.8 Å². The minimum Gasteiger partial charge on any atom is -0.383 e. The minimum atomic E-state index is -4.74. The number of aromatic amines is 1. The number of ether oxygens (including phenoxy) is 5. The molecule has 0 aliphatic carbocycles. The Morgan fingerprint density at radius 2 is 1.43 bits per heavy atom. The van der Waals surface area contributed by atoms with Crippen LogP contribution in [0.25, 0.3) is 11.2 Å². The third-order valence-corrected chi connectivity index (χ3v) is 13.8. The van der Waals surface area contributed by atoms with Gasteiger partial charge in [0.2, 0.25) is 11.9 Å². The number of imidazole rings is 1. The molecule has 5 heterocycles. The van der Waals surface area contributed by atoms with Crippen LogP contribution in [0, 0.1) is 5.92 Å². The van der Waals surface area contributed by atoms with Gasteiger partial charge in [0.15, 0.2) is 23.6 Å². The Labute approximate surface area is 399 Å². The largest absolute Gasteiger partial charge is 0.472 e. The highest BCUT2D eigenvalue weighted by molar-refractivity contribution is 7.47. The molecule has 0 radical (unpaired) electrons. The van der Waals surface area contributed by atoms with Crippen molar-refractivity contribution in [2.75, 3.05) is 45.4 Å². The van der Waals surface area contributed by atoms with Gasteiger partial charge in [0.25, 0.3) is 5.56 Å². The fraction of sp³-hybridized carbons (Fsp3) is 0.783. The molecule has 0 saturated carbocycles. The van der Waals surface area contributed by atoms with Crippen molar-refractivity contribution >= 4 is 36.7 Å². The van der Waals surface area contributed by atoms with Crippen LogP contribution in [0.5, 0.6) is 0 Å². The summed E-state index contributed by atoms with van der Waals surface area (Å²) in [6.45, 7) is 9.54. The lowest BCUT2D eigenvalue weighted by Gasteiger charge is -2.31. The van der Waals surface area contributed by atoms with Crippen LogP contribution in [-0.4, -0.2) is 121 Å². The molecule has 384 valence electrons. The first-order valence-corrected chi connectivity index (χ1v) is 26.1. The van der Waals surface area contributed by atoms with Crippen molar-refractivity contribution in [2.24, 2.45) is 5.92 Å². The van der Waals surface area contributed by atoms with Crippen LogP contribution in [0.1, 0.15) is 150 Å². The highest BCUT2D eigenvalue weighted by Crippen LogP contribution is 2.50. The van der Waals surface area contributed by atoms with Gasteiger partial charge in [0.05, 0.1) is 31.2 Å². The van der Waals surface area contributed by atoms with Crippen LogP contribution < -0.4 is 22.7 Å². The number of methoxy groups -OCH3 is 2. The van der Waals surface area contributed by atoms with E-state index in [2.05, 4.69) is 26.9 Å². The number of carbonyl (C=O) groups is 1. The number of nitrogens with zero attached hydrogens (tertiary/aromatic N) is 6. The van der Waals surface area contributed by atoms with Crippen LogP contribution in [0.15, 0.2) is 28.2 Å². The molecule has 6 N–H and O–H groups in total. The average molecular weight is 980 g/mol. The normalized spacial score (nSPS) is 23.9. The van der Waals surface area contributed by atoms with Gasteiger partial charge in [0, 0.05) is 45.8 Å². The number of hydrogen-bond donors (Lipinski definition) is 4. The van der Waals surface area contributed by atoms with Gasteiger partial charge in [-0.2, -0.15) is 9.97 Å². The molecule has 0 aromatic carbocycles. The second-order valence-electron chi connectivity index (χ2n) is 18.6. The number of nitrogens with two attached hydrogens (primary N) is 2. The first-order chi connectivity index (χ1) is 32.6. The number of rotatable bonds is 31. The molecule has 5 rings (SSSR count). The van der Waals surface area contributed by atoms with Crippen LogP contribution in [0.4, 0.5) is 11.8 Å². The van der Waals surface area contributed by atoms with Crippen LogP contribution in [0.3, 0.4) is 0 Å². The maximum absolute atomic E-state index is 15.0. The number of phosphoric ester groups is 1. The Morgan fingerprint density at radius 3 is 2.00 bits per heavy atom. The van der Waals surface area contributed by atoms with E-state index in [1.54, 1.807) is 23.3 Å². The molecule has 0 bridgehead atoms. The number of nitrogen functional groups attached to an aromatic ring is 2. The molecule has 2 saturated heterocycles. The van der Waals surface area contributed by atoms with E-state index in [0.29, 0.717) is 13.0 Å². The number of unbranched alkanes of at least 4 members (excludes halogenated alkanes) is 14. The van der Waals surface area contributed by atoms with E-state index in [4.69, 9.17) is 44.2 Å². The Balaban J connectivity index is 1.37. The number of amides is 1. The summed E-state index contributed by atoms with van der Waals surface area (Å²) >= 11 is 0. The summed E-state index contributed by atoms with van der Waals surface area (Å²) in [5, 5.41) is 0. The number of hydrogen-bond acceptors (Lipinski definition) is 16. The van der Waals surface area contributed by atoms with Crippen molar-refractivity contribution in [1.29, 1.82) is 0 Å². The highest BCUT2D eigenvalue weighted by Gasteiger charge is 2.52. The fourth-order valence-electron chi connectivity index (χ4n) is 9.18. The summed E-state index contributed by atoms with van der Waals surface area (Å²) in [7, 11) is -1.85. The quantitative estimate of drug-likeness (QED) is 0.0401. The molecule has 1 amide bonds. The van der Waals surface area contributed by atoms with Crippen molar-refractivity contribution in [3.63, 3.8) is 0 Å². The van der Waals surface area contributed by atoms with Gasteiger partial charge in [0.1, 0.15) is 30.2 Å². The smallest absolute Gasteiger partial charge is 0.383 e.